The predicted octanol–water partition coefficient (Wildman–Crippen LogP) is 1.50. The summed E-state index contributed by atoms with van der Waals surface area (Å²) in [5.41, 5.74) is 3.92. The fourth-order valence-corrected chi connectivity index (χ4v) is 3.75. The van der Waals surface area contributed by atoms with Gasteiger partial charge in [0.2, 0.25) is 5.91 Å². The van der Waals surface area contributed by atoms with Crippen LogP contribution >= 0.6 is 0 Å². The molecular formula is C22H35N5O2. The van der Waals surface area contributed by atoms with Gasteiger partial charge in [0.15, 0.2) is 5.96 Å². The molecule has 2 heterocycles. The monoisotopic (exact) mass is 401 g/mol. The average molecular weight is 402 g/mol. The summed E-state index contributed by atoms with van der Waals surface area (Å²) in [7, 11) is 3.54. The van der Waals surface area contributed by atoms with Crippen LogP contribution in [0.3, 0.4) is 0 Å². The molecule has 2 fully saturated rings. The maximum atomic E-state index is 12.0. The standard InChI is InChI=1S/C22H35N5O2/c1-17-5-6-18(2)20(13-17)26-8-10-27(11-9-26)22(24-15-21(28)25(3)4)23-14-19-7-12-29-16-19/h5-6,13,19H,7-12,14-16H2,1-4H3,(H,23,24). The second kappa shape index (κ2) is 9.96. The number of anilines is 1. The summed E-state index contributed by atoms with van der Waals surface area (Å²) in [6.45, 7) is 10.6. The first-order valence-corrected chi connectivity index (χ1v) is 10.6. The lowest BCUT2D eigenvalue weighted by Gasteiger charge is -2.38. The minimum atomic E-state index is 0.0162. The Morgan fingerprint density at radius 2 is 2.00 bits per heavy atom. The molecule has 0 aliphatic carbocycles. The molecule has 1 aromatic carbocycles. The summed E-state index contributed by atoms with van der Waals surface area (Å²) >= 11 is 0. The Bertz CT molecular complexity index is 720. The number of hydrogen-bond acceptors (Lipinski definition) is 4. The number of carbonyl (C=O) groups excluding carboxylic acids is 1. The van der Waals surface area contributed by atoms with E-state index in [0.29, 0.717) is 5.92 Å². The molecule has 0 radical (unpaired) electrons. The van der Waals surface area contributed by atoms with Crippen molar-refractivity contribution >= 4 is 17.6 Å². The first kappa shape index (κ1) is 21.4. The maximum Gasteiger partial charge on any atom is 0.243 e. The molecule has 3 rings (SSSR count). The van der Waals surface area contributed by atoms with Crippen molar-refractivity contribution in [1.82, 2.24) is 15.1 Å². The summed E-state index contributed by atoms with van der Waals surface area (Å²) in [6, 6.07) is 6.63. The molecule has 1 unspecified atom stereocenters. The van der Waals surface area contributed by atoms with Crippen LogP contribution in [-0.4, -0.2) is 88.2 Å². The molecule has 1 aromatic rings. The SMILES string of the molecule is Cc1ccc(C)c(N2CCN(C(=NCC(=O)N(C)C)NCC3CCOC3)CC2)c1. The number of carbonyl (C=O) groups is 1. The number of benzene rings is 1. The lowest BCUT2D eigenvalue weighted by molar-refractivity contribution is -0.127. The second-order valence-electron chi connectivity index (χ2n) is 8.30. The van der Waals surface area contributed by atoms with E-state index in [1.54, 1.807) is 19.0 Å². The quantitative estimate of drug-likeness (QED) is 0.599. The molecule has 1 N–H and O–H groups in total. The molecule has 160 valence electrons. The van der Waals surface area contributed by atoms with Crippen molar-refractivity contribution < 1.29 is 9.53 Å². The van der Waals surface area contributed by atoms with Gasteiger partial charge in [-0.25, -0.2) is 4.99 Å². The highest BCUT2D eigenvalue weighted by Gasteiger charge is 2.23. The van der Waals surface area contributed by atoms with Crippen LogP contribution in [0.2, 0.25) is 0 Å². The molecule has 2 saturated heterocycles. The fourth-order valence-electron chi connectivity index (χ4n) is 3.75. The summed E-state index contributed by atoms with van der Waals surface area (Å²) in [5.74, 6) is 1.37. The van der Waals surface area contributed by atoms with E-state index in [9.17, 15) is 4.79 Å². The van der Waals surface area contributed by atoms with Crippen LogP contribution in [-0.2, 0) is 9.53 Å². The van der Waals surface area contributed by atoms with Gasteiger partial charge in [0.25, 0.3) is 0 Å². The van der Waals surface area contributed by atoms with E-state index < -0.39 is 0 Å². The molecule has 2 aliphatic rings. The van der Waals surface area contributed by atoms with Crippen LogP contribution in [0.1, 0.15) is 17.5 Å². The third-order valence-corrected chi connectivity index (χ3v) is 5.72. The van der Waals surface area contributed by atoms with Gasteiger partial charge in [0, 0.05) is 65.0 Å². The number of nitrogens with zero attached hydrogens (tertiary/aromatic N) is 4. The van der Waals surface area contributed by atoms with Gasteiger partial charge in [0.1, 0.15) is 6.54 Å². The Morgan fingerprint density at radius 1 is 1.24 bits per heavy atom. The minimum absolute atomic E-state index is 0.0162. The van der Waals surface area contributed by atoms with Crippen molar-refractivity contribution in [3.05, 3.63) is 29.3 Å². The zero-order chi connectivity index (χ0) is 20.8. The topological polar surface area (TPSA) is 60.4 Å². The Hall–Kier alpha value is -2.28. The molecule has 7 nitrogen and oxygen atoms in total. The number of amides is 1. The van der Waals surface area contributed by atoms with Crippen LogP contribution in [0.15, 0.2) is 23.2 Å². The van der Waals surface area contributed by atoms with E-state index in [-0.39, 0.29) is 12.5 Å². The van der Waals surface area contributed by atoms with Crippen molar-refractivity contribution in [2.24, 2.45) is 10.9 Å². The summed E-state index contributed by atoms with van der Waals surface area (Å²) < 4.78 is 5.49. The van der Waals surface area contributed by atoms with Crippen LogP contribution in [0, 0.1) is 19.8 Å². The van der Waals surface area contributed by atoms with Gasteiger partial charge in [-0.1, -0.05) is 12.1 Å². The van der Waals surface area contributed by atoms with Crippen molar-refractivity contribution in [3.63, 3.8) is 0 Å². The van der Waals surface area contributed by atoms with E-state index in [1.165, 1.54) is 16.8 Å². The molecule has 2 aliphatic heterocycles. The number of aryl methyl sites for hydroxylation is 2. The Kier molecular flexibility index (Phi) is 7.36. The van der Waals surface area contributed by atoms with E-state index in [2.05, 4.69) is 52.2 Å². The van der Waals surface area contributed by atoms with Gasteiger partial charge in [-0.3, -0.25) is 4.79 Å². The normalized spacial score (nSPS) is 20.1. The molecular weight excluding hydrogens is 366 g/mol. The summed E-state index contributed by atoms with van der Waals surface area (Å²) in [4.78, 5) is 23.0. The minimum Gasteiger partial charge on any atom is -0.381 e. The van der Waals surface area contributed by atoms with Crippen molar-refractivity contribution in [3.8, 4) is 0 Å². The lowest BCUT2D eigenvalue weighted by atomic mass is 10.1. The zero-order valence-corrected chi connectivity index (χ0v) is 18.3. The fraction of sp³-hybridized carbons (Fsp3) is 0.636. The maximum absolute atomic E-state index is 12.0. The highest BCUT2D eigenvalue weighted by atomic mass is 16.5. The van der Waals surface area contributed by atoms with Gasteiger partial charge >= 0.3 is 0 Å². The molecule has 0 bridgehead atoms. The van der Waals surface area contributed by atoms with E-state index in [1.807, 2.05) is 0 Å². The molecule has 7 heteroatoms. The van der Waals surface area contributed by atoms with Crippen molar-refractivity contribution in [1.29, 1.82) is 0 Å². The molecule has 29 heavy (non-hydrogen) atoms. The van der Waals surface area contributed by atoms with Gasteiger partial charge in [-0.15, -0.1) is 0 Å². The average Bonchev–Trinajstić information content (AvgIpc) is 3.23. The van der Waals surface area contributed by atoms with Crippen LogP contribution in [0.5, 0.6) is 0 Å². The molecule has 1 amide bonds. The lowest BCUT2D eigenvalue weighted by Crippen LogP contribution is -2.53. The number of hydrogen-bond donors (Lipinski definition) is 1. The van der Waals surface area contributed by atoms with E-state index >= 15 is 0 Å². The Balaban J connectivity index is 1.63. The van der Waals surface area contributed by atoms with Crippen LogP contribution < -0.4 is 10.2 Å². The smallest absolute Gasteiger partial charge is 0.243 e. The molecule has 0 aromatic heterocycles. The van der Waals surface area contributed by atoms with Gasteiger partial charge in [0.05, 0.1) is 6.61 Å². The number of guanidine groups is 1. The molecule has 1 atom stereocenters. The Morgan fingerprint density at radius 3 is 2.66 bits per heavy atom. The van der Waals surface area contributed by atoms with Crippen LogP contribution in [0.25, 0.3) is 0 Å². The third-order valence-electron chi connectivity index (χ3n) is 5.72. The van der Waals surface area contributed by atoms with Gasteiger partial charge < -0.3 is 24.8 Å². The zero-order valence-electron chi connectivity index (χ0n) is 18.3. The first-order valence-electron chi connectivity index (χ1n) is 10.6. The number of ether oxygens (including phenoxy) is 1. The molecule has 0 saturated carbocycles. The van der Waals surface area contributed by atoms with E-state index in [0.717, 1.165) is 58.3 Å². The largest absolute Gasteiger partial charge is 0.381 e. The highest BCUT2D eigenvalue weighted by Crippen LogP contribution is 2.23. The second-order valence-corrected chi connectivity index (χ2v) is 8.30. The summed E-state index contributed by atoms with van der Waals surface area (Å²) in [5, 5.41) is 3.51. The van der Waals surface area contributed by atoms with Crippen molar-refractivity contribution in [2.45, 2.75) is 20.3 Å². The van der Waals surface area contributed by atoms with Gasteiger partial charge in [-0.05, 0) is 37.5 Å². The number of piperazine rings is 1. The predicted molar refractivity (Wildman–Crippen MR) is 118 cm³/mol. The number of aliphatic imine (C=N–C) groups is 1. The number of nitrogens with one attached hydrogen (secondary N) is 1. The Labute approximate surface area is 174 Å². The highest BCUT2D eigenvalue weighted by molar-refractivity contribution is 5.85. The number of rotatable bonds is 5. The van der Waals surface area contributed by atoms with Crippen molar-refractivity contribution in [2.75, 3.05) is 71.5 Å². The van der Waals surface area contributed by atoms with Crippen LogP contribution in [0.4, 0.5) is 5.69 Å². The molecule has 0 spiro atoms. The number of likely N-dealkylation sites (N-methyl/N-ethyl adjacent to an activating group) is 1. The first-order chi connectivity index (χ1) is 13.9. The van der Waals surface area contributed by atoms with E-state index in [4.69, 9.17) is 4.74 Å². The summed E-state index contributed by atoms with van der Waals surface area (Å²) in [6.07, 6.45) is 1.08. The third kappa shape index (κ3) is 5.85. The van der Waals surface area contributed by atoms with Gasteiger partial charge in [-0.2, -0.15) is 0 Å².